The minimum absolute atomic E-state index is 0.0319. The number of pyridine rings is 1. The Bertz CT molecular complexity index is 482. The van der Waals surface area contributed by atoms with Crippen LogP contribution in [0, 0.1) is 0 Å². The minimum atomic E-state index is -4.62. The molecule has 3 saturated carbocycles. The van der Waals surface area contributed by atoms with Gasteiger partial charge in [-0.05, 0) is 24.8 Å². The number of hydrogen-bond acceptors (Lipinski definition) is 4. The molecule has 0 radical (unpaired) electrons. The first-order valence-electron chi connectivity index (χ1n) is 6.39. The molecule has 0 aliphatic heterocycles. The molecular formula is C13H15F3N2O2. The van der Waals surface area contributed by atoms with Crippen molar-refractivity contribution in [2.24, 2.45) is 5.73 Å². The zero-order chi connectivity index (χ0) is 14.4. The highest BCUT2D eigenvalue weighted by Crippen LogP contribution is 2.66. The van der Waals surface area contributed by atoms with Crippen LogP contribution in [0.4, 0.5) is 13.2 Å². The fourth-order valence-electron chi connectivity index (χ4n) is 3.26. The average Bonchev–Trinajstić information content (AvgIpc) is 2.29. The van der Waals surface area contributed by atoms with E-state index < -0.39 is 13.0 Å². The Morgan fingerprint density at radius 3 is 2.40 bits per heavy atom. The van der Waals surface area contributed by atoms with Gasteiger partial charge in [0.15, 0.2) is 0 Å². The third-order valence-electron chi connectivity index (χ3n) is 4.02. The zero-order valence-electron chi connectivity index (χ0n) is 10.7. The number of ether oxygens (including phenoxy) is 2. The van der Waals surface area contributed by atoms with E-state index >= 15 is 0 Å². The van der Waals surface area contributed by atoms with Crippen LogP contribution < -0.4 is 10.5 Å². The average molecular weight is 288 g/mol. The van der Waals surface area contributed by atoms with E-state index in [-0.39, 0.29) is 17.6 Å². The monoisotopic (exact) mass is 288 g/mol. The van der Waals surface area contributed by atoms with E-state index in [1.807, 2.05) is 6.07 Å². The van der Waals surface area contributed by atoms with Crippen LogP contribution in [0.25, 0.3) is 0 Å². The molecule has 0 spiro atoms. The fraction of sp³-hybridized carbons (Fsp3) is 0.615. The molecule has 0 amide bonds. The first-order chi connectivity index (χ1) is 9.30. The van der Waals surface area contributed by atoms with E-state index in [0.717, 1.165) is 24.8 Å². The molecule has 4 nitrogen and oxygen atoms in total. The van der Waals surface area contributed by atoms with Gasteiger partial charge in [-0.25, -0.2) is 4.98 Å². The SMILES string of the molecule is NC12CC(c3ccc(OCCOC(F)(F)F)nc3)(C1)C2. The summed E-state index contributed by atoms with van der Waals surface area (Å²) in [5.74, 6) is 0.300. The molecule has 2 N–H and O–H groups in total. The quantitative estimate of drug-likeness (QED) is 0.843. The lowest BCUT2D eigenvalue weighted by Gasteiger charge is -2.69. The van der Waals surface area contributed by atoms with E-state index in [4.69, 9.17) is 10.5 Å². The lowest BCUT2D eigenvalue weighted by Crippen LogP contribution is -2.74. The molecule has 0 aromatic carbocycles. The van der Waals surface area contributed by atoms with Gasteiger partial charge >= 0.3 is 6.36 Å². The second kappa shape index (κ2) is 4.33. The Kier molecular flexibility index (Phi) is 2.95. The van der Waals surface area contributed by atoms with Gasteiger partial charge in [-0.1, -0.05) is 6.07 Å². The van der Waals surface area contributed by atoms with Crippen LogP contribution >= 0.6 is 0 Å². The van der Waals surface area contributed by atoms with Crippen molar-refractivity contribution in [2.75, 3.05) is 13.2 Å². The number of hydrogen-bond donors (Lipinski definition) is 1. The summed E-state index contributed by atoms with van der Waals surface area (Å²) < 4.78 is 43.9. The summed E-state index contributed by atoms with van der Waals surface area (Å²) in [6.07, 6.45) is 0.0611. The summed E-state index contributed by atoms with van der Waals surface area (Å²) in [6, 6.07) is 3.58. The van der Waals surface area contributed by atoms with Crippen molar-refractivity contribution < 1.29 is 22.6 Å². The van der Waals surface area contributed by atoms with Crippen molar-refractivity contribution in [3.05, 3.63) is 23.9 Å². The lowest BCUT2D eigenvalue weighted by molar-refractivity contribution is -0.325. The lowest BCUT2D eigenvalue weighted by atomic mass is 9.38. The highest BCUT2D eigenvalue weighted by Gasteiger charge is 2.66. The van der Waals surface area contributed by atoms with Gasteiger partial charge in [-0.2, -0.15) is 0 Å². The second-order valence-corrected chi connectivity index (χ2v) is 5.70. The van der Waals surface area contributed by atoms with Crippen molar-refractivity contribution in [3.8, 4) is 5.88 Å². The fourth-order valence-corrected chi connectivity index (χ4v) is 3.26. The van der Waals surface area contributed by atoms with Crippen LogP contribution in [0.2, 0.25) is 0 Å². The molecule has 0 atom stereocenters. The highest BCUT2D eigenvalue weighted by atomic mass is 19.4. The van der Waals surface area contributed by atoms with Crippen molar-refractivity contribution >= 4 is 0 Å². The molecule has 20 heavy (non-hydrogen) atoms. The molecule has 7 heteroatoms. The molecule has 4 rings (SSSR count). The maximum atomic E-state index is 11.7. The molecule has 3 aliphatic rings. The van der Waals surface area contributed by atoms with Crippen molar-refractivity contribution in [1.29, 1.82) is 0 Å². The summed E-state index contributed by atoms with van der Waals surface area (Å²) in [4.78, 5) is 4.11. The van der Waals surface area contributed by atoms with E-state index in [0.29, 0.717) is 5.88 Å². The molecule has 0 saturated heterocycles. The molecule has 3 fully saturated rings. The van der Waals surface area contributed by atoms with Crippen molar-refractivity contribution in [3.63, 3.8) is 0 Å². The Hall–Kier alpha value is -1.34. The standard InChI is InChI=1S/C13H15F3N2O2/c14-13(15,16)20-4-3-19-10-2-1-9(5-18-10)11-6-12(17,7-11)8-11/h1-2,5H,3-4,6-8,17H2. The zero-order valence-corrected chi connectivity index (χ0v) is 10.7. The first kappa shape index (κ1) is 13.6. The number of aromatic nitrogens is 1. The van der Waals surface area contributed by atoms with Crippen molar-refractivity contribution in [1.82, 2.24) is 4.98 Å². The Morgan fingerprint density at radius 2 is 1.90 bits per heavy atom. The van der Waals surface area contributed by atoms with Gasteiger partial charge in [-0.3, -0.25) is 4.74 Å². The third-order valence-corrected chi connectivity index (χ3v) is 4.02. The normalized spacial score (nSPS) is 31.4. The Labute approximate surface area is 114 Å². The summed E-state index contributed by atoms with van der Waals surface area (Å²) in [7, 11) is 0. The first-order valence-corrected chi connectivity index (χ1v) is 6.39. The molecule has 3 aliphatic carbocycles. The Morgan fingerprint density at radius 1 is 1.20 bits per heavy atom. The number of alkyl halides is 3. The van der Waals surface area contributed by atoms with Crippen LogP contribution in [0.5, 0.6) is 5.88 Å². The summed E-state index contributed by atoms with van der Waals surface area (Å²) in [6.45, 7) is -0.741. The van der Waals surface area contributed by atoms with E-state index in [2.05, 4.69) is 9.72 Å². The molecule has 110 valence electrons. The van der Waals surface area contributed by atoms with Gasteiger partial charge in [-0.15, -0.1) is 13.2 Å². The number of nitrogens with two attached hydrogens (primary N) is 1. The molecule has 2 bridgehead atoms. The summed E-state index contributed by atoms with van der Waals surface area (Å²) in [5, 5.41) is 0. The molecular weight excluding hydrogens is 273 g/mol. The van der Waals surface area contributed by atoms with E-state index in [1.54, 1.807) is 12.3 Å². The number of nitrogens with zero attached hydrogens (tertiary/aromatic N) is 1. The van der Waals surface area contributed by atoms with Crippen LogP contribution in [0.3, 0.4) is 0 Å². The maximum Gasteiger partial charge on any atom is 0.522 e. The van der Waals surface area contributed by atoms with Crippen LogP contribution in [-0.4, -0.2) is 30.1 Å². The number of halogens is 3. The molecule has 1 heterocycles. The topological polar surface area (TPSA) is 57.4 Å². The highest BCUT2D eigenvalue weighted by molar-refractivity contribution is 5.40. The summed E-state index contributed by atoms with van der Waals surface area (Å²) in [5.41, 5.74) is 7.35. The van der Waals surface area contributed by atoms with Gasteiger partial charge in [0.25, 0.3) is 0 Å². The second-order valence-electron chi connectivity index (χ2n) is 5.70. The predicted octanol–water partition coefficient (Wildman–Crippen LogP) is 2.13. The molecule has 1 aromatic rings. The van der Waals surface area contributed by atoms with Crippen LogP contribution in [0.15, 0.2) is 18.3 Å². The largest absolute Gasteiger partial charge is 0.522 e. The van der Waals surface area contributed by atoms with Crippen LogP contribution in [-0.2, 0) is 10.2 Å². The van der Waals surface area contributed by atoms with Gasteiger partial charge < -0.3 is 10.5 Å². The summed E-state index contributed by atoms with van der Waals surface area (Å²) >= 11 is 0. The Balaban J connectivity index is 1.48. The van der Waals surface area contributed by atoms with Gasteiger partial charge in [0, 0.05) is 23.2 Å². The van der Waals surface area contributed by atoms with Gasteiger partial charge in [0.1, 0.15) is 6.61 Å². The predicted molar refractivity (Wildman–Crippen MR) is 64.2 cm³/mol. The third kappa shape index (κ3) is 2.47. The van der Waals surface area contributed by atoms with Gasteiger partial charge in [0.2, 0.25) is 5.88 Å². The molecule has 1 aromatic heterocycles. The van der Waals surface area contributed by atoms with Gasteiger partial charge in [0.05, 0.1) is 6.61 Å². The van der Waals surface area contributed by atoms with Crippen LogP contribution in [0.1, 0.15) is 24.8 Å². The number of rotatable bonds is 5. The van der Waals surface area contributed by atoms with E-state index in [9.17, 15) is 13.2 Å². The molecule has 0 unspecified atom stereocenters. The maximum absolute atomic E-state index is 11.7. The smallest absolute Gasteiger partial charge is 0.475 e. The van der Waals surface area contributed by atoms with Crippen molar-refractivity contribution in [2.45, 2.75) is 36.6 Å². The minimum Gasteiger partial charge on any atom is -0.475 e. The van der Waals surface area contributed by atoms with E-state index in [1.165, 1.54) is 0 Å².